The summed E-state index contributed by atoms with van der Waals surface area (Å²) in [4.78, 5) is 26.2. The van der Waals surface area contributed by atoms with Crippen molar-refractivity contribution in [3.8, 4) is 5.75 Å². The molecule has 30 heavy (non-hydrogen) atoms. The third-order valence-corrected chi connectivity index (χ3v) is 5.74. The van der Waals surface area contributed by atoms with Gasteiger partial charge in [-0.25, -0.2) is 0 Å². The standard InChI is InChI=1S/C24H25N3O3/c1-14-7-5-9-17(11-14)24(29)25-23-20(28)13-19-21(15(2)26-27(19)3)22(23)16-8-6-10-18(12-16)30-4/h5-12,22-23H,13H2,1-4H3,(H,25,29)/t22-,23-/m1/s1. The Kier molecular flexibility index (Phi) is 5.16. The van der Waals surface area contributed by atoms with Gasteiger partial charge in [0.25, 0.3) is 5.91 Å². The highest BCUT2D eigenvalue weighted by Crippen LogP contribution is 2.38. The number of carbonyl (C=O) groups is 2. The fourth-order valence-electron chi connectivity index (χ4n) is 4.33. The van der Waals surface area contributed by atoms with Crippen LogP contribution in [0.2, 0.25) is 0 Å². The molecule has 0 saturated heterocycles. The molecule has 0 radical (unpaired) electrons. The topological polar surface area (TPSA) is 73.2 Å². The number of ether oxygens (including phenoxy) is 1. The highest BCUT2D eigenvalue weighted by molar-refractivity contribution is 5.99. The van der Waals surface area contributed by atoms with Crippen molar-refractivity contribution in [2.75, 3.05) is 7.11 Å². The van der Waals surface area contributed by atoms with E-state index in [4.69, 9.17) is 4.74 Å². The molecule has 1 amide bonds. The summed E-state index contributed by atoms with van der Waals surface area (Å²) >= 11 is 0. The summed E-state index contributed by atoms with van der Waals surface area (Å²) in [5.74, 6) is 0.0884. The lowest BCUT2D eigenvalue weighted by atomic mass is 9.76. The maximum Gasteiger partial charge on any atom is 0.251 e. The maximum absolute atomic E-state index is 13.2. The van der Waals surface area contributed by atoms with Crippen molar-refractivity contribution in [3.05, 3.63) is 82.2 Å². The van der Waals surface area contributed by atoms with Crippen LogP contribution in [0, 0.1) is 13.8 Å². The number of fused-ring (bicyclic) bond motifs is 1. The van der Waals surface area contributed by atoms with Crippen molar-refractivity contribution in [3.63, 3.8) is 0 Å². The SMILES string of the molecule is COc1cccc([C@@H]2c3c(C)nn(C)c3CC(=O)[C@H]2NC(=O)c2cccc(C)c2)c1. The second-order valence-corrected chi connectivity index (χ2v) is 7.79. The fraction of sp³-hybridized carbons (Fsp3) is 0.292. The van der Waals surface area contributed by atoms with E-state index in [-0.39, 0.29) is 24.0 Å². The van der Waals surface area contributed by atoms with Gasteiger partial charge in [0.05, 0.1) is 25.3 Å². The molecule has 6 heteroatoms. The summed E-state index contributed by atoms with van der Waals surface area (Å²) in [5.41, 5.74) is 5.21. The smallest absolute Gasteiger partial charge is 0.251 e. The first-order valence-corrected chi connectivity index (χ1v) is 9.95. The molecule has 3 aromatic rings. The number of nitrogens with one attached hydrogen (secondary N) is 1. The van der Waals surface area contributed by atoms with E-state index in [9.17, 15) is 9.59 Å². The summed E-state index contributed by atoms with van der Waals surface area (Å²) in [6.45, 7) is 3.88. The summed E-state index contributed by atoms with van der Waals surface area (Å²) in [6, 6.07) is 14.3. The van der Waals surface area contributed by atoms with Crippen molar-refractivity contribution < 1.29 is 14.3 Å². The number of Topliss-reactive ketones (excluding diaryl/α,β-unsaturated/α-hetero) is 1. The van der Waals surface area contributed by atoms with E-state index in [0.29, 0.717) is 11.3 Å². The van der Waals surface area contributed by atoms with Crippen LogP contribution >= 0.6 is 0 Å². The van der Waals surface area contributed by atoms with Crippen molar-refractivity contribution in [2.24, 2.45) is 7.05 Å². The average molecular weight is 403 g/mol. The number of benzene rings is 2. The zero-order valence-electron chi connectivity index (χ0n) is 17.6. The summed E-state index contributed by atoms with van der Waals surface area (Å²) < 4.78 is 7.17. The Morgan fingerprint density at radius 1 is 1.17 bits per heavy atom. The minimum Gasteiger partial charge on any atom is -0.497 e. The third kappa shape index (κ3) is 3.49. The molecule has 0 spiro atoms. The molecule has 4 rings (SSSR count). The molecule has 0 saturated carbocycles. The number of hydrogen-bond acceptors (Lipinski definition) is 4. The minimum absolute atomic E-state index is 0.0284. The van der Waals surface area contributed by atoms with Crippen LogP contribution in [0.5, 0.6) is 5.75 Å². The largest absolute Gasteiger partial charge is 0.497 e. The Bertz CT molecular complexity index is 1130. The van der Waals surface area contributed by atoms with E-state index in [0.717, 1.165) is 28.1 Å². The number of ketones is 1. The summed E-state index contributed by atoms with van der Waals surface area (Å²) in [7, 11) is 3.47. The van der Waals surface area contributed by atoms with Gasteiger partial charge >= 0.3 is 0 Å². The summed E-state index contributed by atoms with van der Waals surface area (Å²) in [5, 5.41) is 7.56. The Morgan fingerprint density at radius 3 is 2.67 bits per heavy atom. The van der Waals surface area contributed by atoms with Gasteiger partial charge in [-0.15, -0.1) is 0 Å². The van der Waals surface area contributed by atoms with Crippen LogP contribution in [0.25, 0.3) is 0 Å². The molecule has 2 atom stereocenters. The van der Waals surface area contributed by atoms with Crippen LogP contribution in [-0.2, 0) is 18.3 Å². The summed E-state index contributed by atoms with van der Waals surface area (Å²) in [6.07, 6.45) is 0.242. The normalized spacial score (nSPS) is 18.1. The number of nitrogens with zero attached hydrogens (tertiary/aromatic N) is 2. The molecule has 2 aromatic carbocycles. The van der Waals surface area contributed by atoms with Gasteiger partial charge in [-0.1, -0.05) is 29.8 Å². The molecular weight excluding hydrogens is 378 g/mol. The number of methoxy groups -OCH3 is 1. The van der Waals surface area contributed by atoms with E-state index in [1.807, 2.05) is 63.4 Å². The van der Waals surface area contributed by atoms with Gasteiger partial charge in [0.2, 0.25) is 0 Å². The van der Waals surface area contributed by atoms with Gasteiger partial charge in [0.1, 0.15) is 5.75 Å². The van der Waals surface area contributed by atoms with Crippen LogP contribution in [0.1, 0.15) is 44.4 Å². The number of hydrogen-bond donors (Lipinski definition) is 1. The zero-order valence-corrected chi connectivity index (χ0v) is 17.6. The quantitative estimate of drug-likeness (QED) is 0.727. The zero-order chi connectivity index (χ0) is 21.4. The first-order chi connectivity index (χ1) is 14.4. The predicted molar refractivity (Wildman–Crippen MR) is 114 cm³/mol. The van der Waals surface area contributed by atoms with E-state index in [1.165, 1.54) is 0 Å². The lowest BCUT2D eigenvalue weighted by molar-refractivity contribution is -0.121. The van der Waals surface area contributed by atoms with Gasteiger partial charge in [0.15, 0.2) is 5.78 Å². The number of aryl methyl sites for hydroxylation is 3. The average Bonchev–Trinajstić information content (AvgIpc) is 3.01. The van der Waals surface area contributed by atoms with Gasteiger partial charge in [-0.3, -0.25) is 14.3 Å². The van der Waals surface area contributed by atoms with E-state index in [2.05, 4.69) is 10.4 Å². The van der Waals surface area contributed by atoms with Gasteiger partial charge in [-0.2, -0.15) is 5.10 Å². The molecule has 0 unspecified atom stereocenters. The van der Waals surface area contributed by atoms with E-state index >= 15 is 0 Å². The maximum atomic E-state index is 13.2. The second kappa shape index (κ2) is 7.78. The Labute approximate surface area is 175 Å². The Balaban J connectivity index is 1.80. The molecule has 1 aliphatic carbocycles. The Hall–Kier alpha value is -3.41. The van der Waals surface area contributed by atoms with Crippen molar-refractivity contribution in [1.82, 2.24) is 15.1 Å². The Morgan fingerprint density at radius 2 is 1.93 bits per heavy atom. The van der Waals surface area contributed by atoms with Gasteiger partial charge in [0, 0.05) is 29.8 Å². The highest BCUT2D eigenvalue weighted by Gasteiger charge is 2.41. The third-order valence-electron chi connectivity index (χ3n) is 5.74. The molecule has 154 valence electrons. The number of rotatable bonds is 4. The first-order valence-electron chi connectivity index (χ1n) is 9.95. The lowest BCUT2D eigenvalue weighted by Crippen LogP contribution is -2.48. The van der Waals surface area contributed by atoms with Gasteiger partial charge in [-0.05, 0) is 43.7 Å². The molecule has 1 heterocycles. The van der Waals surface area contributed by atoms with Crippen LogP contribution in [0.15, 0.2) is 48.5 Å². The van der Waals surface area contributed by atoms with Crippen LogP contribution in [0.3, 0.4) is 0 Å². The van der Waals surface area contributed by atoms with Crippen molar-refractivity contribution in [2.45, 2.75) is 32.2 Å². The molecule has 1 aliphatic rings. The molecule has 1 aromatic heterocycles. The monoisotopic (exact) mass is 403 g/mol. The highest BCUT2D eigenvalue weighted by atomic mass is 16.5. The van der Waals surface area contributed by atoms with E-state index < -0.39 is 6.04 Å². The first kappa shape index (κ1) is 19.9. The molecular formula is C24H25N3O3. The minimum atomic E-state index is -0.680. The molecule has 0 aliphatic heterocycles. The van der Waals surface area contributed by atoms with E-state index in [1.54, 1.807) is 17.9 Å². The molecule has 6 nitrogen and oxygen atoms in total. The number of amides is 1. The van der Waals surface area contributed by atoms with Crippen molar-refractivity contribution >= 4 is 11.7 Å². The van der Waals surface area contributed by atoms with Crippen LogP contribution in [-0.4, -0.2) is 34.6 Å². The van der Waals surface area contributed by atoms with Crippen LogP contribution < -0.4 is 10.1 Å². The number of aromatic nitrogens is 2. The van der Waals surface area contributed by atoms with Crippen molar-refractivity contribution in [1.29, 1.82) is 0 Å². The number of carbonyl (C=O) groups excluding carboxylic acids is 2. The molecule has 0 bridgehead atoms. The lowest BCUT2D eigenvalue weighted by Gasteiger charge is -2.32. The van der Waals surface area contributed by atoms with Crippen LogP contribution in [0.4, 0.5) is 0 Å². The predicted octanol–water partition coefficient (Wildman–Crippen LogP) is 3.10. The molecule has 0 fully saturated rings. The fourth-order valence-corrected chi connectivity index (χ4v) is 4.33. The second-order valence-electron chi connectivity index (χ2n) is 7.79. The van der Waals surface area contributed by atoms with Gasteiger partial charge < -0.3 is 10.1 Å². The molecule has 1 N–H and O–H groups in total.